The van der Waals surface area contributed by atoms with Crippen LogP contribution in [0.25, 0.3) is 0 Å². The molecule has 2 N–H and O–H groups in total. The summed E-state index contributed by atoms with van der Waals surface area (Å²) >= 11 is 0. The van der Waals surface area contributed by atoms with Crippen molar-refractivity contribution < 1.29 is 14.7 Å². The molecule has 1 fully saturated rings. The molecule has 0 aliphatic heterocycles. The average molecular weight is 256 g/mol. The molecule has 0 aromatic rings. The van der Waals surface area contributed by atoms with E-state index in [0.717, 1.165) is 19.3 Å². The summed E-state index contributed by atoms with van der Waals surface area (Å²) in [6, 6.07) is -0.278. The second kappa shape index (κ2) is 6.07. The quantitative estimate of drug-likeness (QED) is 0.791. The average Bonchev–Trinajstić information content (AvgIpc) is 2.78. The maximum atomic E-state index is 12.0. The second-order valence-electron chi connectivity index (χ2n) is 5.42. The number of amides is 2. The number of carboxylic acids is 1. The molecule has 1 aliphatic carbocycles. The molecule has 0 spiro atoms. The highest BCUT2D eigenvalue weighted by atomic mass is 16.4. The molecular weight excluding hydrogens is 232 g/mol. The standard InChI is InChI=1S/C13H24N2O3/c1-4-10(2)9-15(3)12(18)14-13(11(16)17)7-5-6-8-13/h10H,4-9H2,1-3H3,(H,14,18)(H,16,17). The summed E-state index contributed by atoms with van der Waals surface area (Å²) in [6.45, 7) is 4.80. The van der Waals surface area contributed by atoms with Gasteiger partial charge in [0.05, 0.1) is 0 Å². The molecule has 0 radical (unpaired) electrons. The molecule has 1 unspecified atom stereocenters. The maximum absolute atomic E-state index is 12.0. The van der Waals surface area contributed by atoms with Gasteiger partial charge in [-0.05, 0) is 18.8 Å². The summed E-state index contributed by atoms with van der Waals surface area (Å²) in [5, 5.41) is 12.0. The first-order valence-corrected chi connectivity index (χ1v) is 6.68. The Kier molecular flexibility index (Phi) is 4.99. The Morgan fingerprint density at radius 3 is 2.39 bits per heavy atom. The SMILES string of the molecule is CCC(C)CN(C)C(=O)NC1(C(=O)O)CCCC1. The minimum Gasteiger partial charge on any atom is -0.480 e. The summed E-state index contributed by atoms with van der Waals surface area (Å²) in [5.74, 6) is -0.490. The minimum atomic E-state index is -1.04. The van der Waals surface area contributed by atoms with Crippen LogP contribution in [0, 0.1) is 5.92 Å². The summed E-state index contributed by atoms with van der Waals surface area (Å²) in [5.41, 5.74) is -1.04. The van der Waals surface area contributed by atoms with Gasteiger partial charge in [0, 0.05) is 13.6 Å². The van der Waals surface area contributed by atoms with Gasteiger partial charge < -0.3 is 15.3 Å². The zero-order valence-corrected chi connectivity index (χ0v) is 11.5. The van der Waals surface area contributed by atoms with Crippen molar-refractivity contribution in [1.82, 2.24) is 10.2 Å². The monoisotopic (exact) mass is 256 g/mol. The van der Waals surface area contributed by atoms with E-state index in [1.165, 1.54) is 0 Å². The number of rotatable bonds is 5. The molecule has 18 heavy (non-hydrogen) atoms. The summed E-state index contributed by atoms with van der Waals surface area (Å²) < 4.78 is 0. The van der Waals surface area contributed by atoms with E-state index in [1.807, 2.05) is 0 Å². The van der Waals surface area contributed by atoms with Gasteiger partial charge in [-0.1, -0.05) is 33.1 Å². The lowest BCUT2D eigenvalue weighted by molar-refractivity contribution is -0.144. The fourth-order valence-electron chi connectivity index (χ4n) is 2.35. The van der Waals surface area contributed by atoms with Crippen LogP contribution in [0.3, 0.4) is 0 Å². The molecule has 0 saturated heterocycles. The van der Waals surface area contributed by atoms with Crippen molar-refractivity contribution in [2.45, 2.75) is 51.5 Å². The lowest BCUT2D eigenvalue weighted by atomic mass is 9.98. The van der Waals surface area contributed by atoms with Crippen LogP contribution >= 0.6 is 0 Å². The van der Waals surface area contributed by atoms with E-state index in [2.05, 4.69) is 19.2 Å². The molecule has 1 rings (SSSR count). The third-order valence-corrected chi connectivity index (χ3v) is 3.84. The highest BCUT2D eigenvalue weighted by Crippen LogP contribution is 2.30. The number of hydrogen-bond donors (Lipinski definition) is 2. The molecular formula is C13H24N2O3. The third kappa shape index (κ3) is 3.37. The first-order valence-electron chi connectivity index (χ1n) is 6.68. The summed E-state index contributed by atoms with van der Waals surface area (Å²) in [6.07, 6.45) is 3.79. The van der Waals surface area contributed by atoms with Crippen molar-refractivity contribution in [3.8, 4) is 0 Å². The van der Waals surface area contributed by atoms with Crippen LogP contribution in [0.5, 0.6) is 0 Å². The van der Waals surface area contributed by atoms with Gasteiger partial charge in [0.15, 0.2) is 0 Å². The smallest absolute Gasteiger partial charge is 0.329 e. The van der Waals surface area contributed by atoms with Crippen molar-refractivity contribution in [3.05, 3.63) is 0 Å². The summed E-state index contributed by atoms with van der Waals surface area (Å²) in [7, 11) is 1.71. The predicted octanol–water partition coefficient (Wildman–Crippen LogP) is 2.07. The second-order valence-corrected chi connectivity index (χ2v) is 5.42. The van der Waals surface area contributed by atoms with Gasteiger partial charge in [-0.25, -0.2) is 9.59 Å². The molecule has 104 valence electrons. The van der Waals surface area contributed by atoms with Gasteiger partial charge in [0.2, 0.25) is 0 Å². The Hall–Kier alpha value is -1.26. The fraction of sp³-hybridized carbons (Fsp3) is 0.846. The van der Waals surface area contributed by atoms with Gasteiger partial charge in [0.25, 0.3) is 0 Å². The van der Waals surface area contributed by atoms with E-state index < -0.39 is 11.5 Å². The van der Waals surface area contributed by atoms with Crippen LogP contribution < -0.4 is 5.32 Å². The number of nitrogens with zero attached hydrogens (tertiary/aromatic N) is 1. The highest BCUT2D eigenvalue weighted by molar-refractivity contribution is 5.86. The van der Waals surface area contributed by atoms with Crippen molar-refractivity contribution in [2.24, 2.45) is 5.92 Å². The number of hydrogen-bond acceptors (Lipinski definition) is 2. The van der Waals surface area contributed by atoms with E-state index in [-0.39, 0.29) is 6.03 Å². The van der Waals surface area contributed by atoms with Gasteiger partial charge in [-0.3, -0.25) is 0 Å². The zero-order valence-electron chi connectivity index (χ0n) is 11.5. The van der Waals surface area contributed by atoms with Crippen LogP contribution in [-0.2, 0) is 4.79 Å². The molecule has 5 nitrogen and oxygen atoms in total. The first-order chi connectivity index (χ1) is 8.41. The minimum absolute atomic E-state index is 0.278. The van der Waals surface area contributed by atoms with Crippen LogP contribution in [-0.4, -0.2) is 41.1 Å². The number of carbonyl (C=O) groups excluding carboxylic acids is 1. The van der Waals surface area contributed by atoms with E-state index in [4.69, 9.17) is 0 Å². The Labute approximate surface area is 109 Å². The van der Waals surface area contributed by atoms with Gasteiger partial charge >= 0.3 is 12.0 Å². The molecule has 1 saturated carbocycles. The molecule has 0 aromatic carbocycles. The van der Waals surface area contributed by atoms with E-state index >= 15 is 0 Å². The lowest BCUT2D eigenvalue weighted by Gasteiger charge is -2.29. The van der Waals surface area contributed by atoms with Gasteiger partial charge in [-0.15, -0.1) is 0 Å². The number of aliphatic carboxylic acids is 1. The van der Waals surface area contributed by atoms with Crippen molar-refractivity contribution in [2.75, 3.05) is 13.6 Å². The Morgan fingerprint density at radius 1 is 1.39 bits per heavy atom. The third-order valence-electron chi connectivity index (χ3n) is 3.84. The number of urea groups is 1. The van der Waals surface area contributed by atoms with E-state index in [9.17, 15) is 14.7 Å². The Bertz CT molecular complexity index is 311. The number of carboxylic acid groups (broad SMARTS) is 1. The molecule has 5 heteroatoms. The molecule has 0 bridgehead atoms. The maximum Gasteiger partial charge on any atom is 0.329 e. The molecule has 1 aliphatic rings. The topological polar surface area (TPSA) is 69.6 Å². The van der Waals surface area contributed by atoms with E-state index in [1.54, 1.807) is 11.9 Å². The van der Waals surface area contributed by atoms with Crippen LogP contribution in [0.4, 0.5) is 4.79 Å². The van der Waals surface area contributed by atoms with Crippen LogP contribution in [0.1, 0.15) is 46.0 Å². The van der Waals surface area contributed by atoms with Gasteiger partial charge in [-0.2, -0.15) is 0 Å². The lowest BCUT2D eigenvalue weighted by Crippen LogP contribution is -2.56. The first kappa shape index (κ1) is 14.8. The number of nitrogens with one attached hydrogen (secondary N) is 1. The van der Waals surface area contributed by atoms with Crippen LogP contribution in [0.15, 0.2) is 0 Å². The molecule has 2 amide bonds. The molecule has 0 heterocycles. The van der Waals surface area contributed by atoms with Crippen molar-refractivity contribution in [3.63, 3.8) is 0 Å². The van der Waals surface area contributed by atoms with E-state index in [0.29, 0.717) is 25.3 Å². The molecule has 1 atom stereocenters. The van der Waals surface area contributed by atoms with Crippen molar-refractivity contribution in [1.29, 1.82) is 0 Å². The largest absolute Gasteiger partial charge is 0.480 e. The van der Waals surface area contributed by atoms with Gasteiger partial charge in [0.1, 0.15) is 5.54 Å². The normalized spacial score (nSPS) is 19.3. The fourth-order valence-corrected chi connectivity index (χ4v) is 2.35. The predicted molar refractivity (Wildman–Crippen MR) is 69.5 cm³/mol. The van der Waals surface area contributed by atoms with Crippen molar-refractivity contribution >= 4 is 12.0 Å². The Morgan fingerprint density at radius 2 is 1.94 bits per heavy atom. The summed E-state index contributed by atoms with van der Waals surface area (Å²) in [4.78, 5) is 24.9. The zero-order chi connectivity index (χ0) is 13.8. The molecule has 0 aromatic heterocycles. The van der Waals surface area contributed by atoms with Crippen LogP contribution in [0.2, 0.25) is 0 Å². The highest BCUT2D eigenvalue weighted by Gasteiger charge is 2.43. The number of carbonyl (C=O) groups is 2. The Balaban J connectivity index is 2.59.